The molecule has 128 valence electrons. The summed E-state index contributed by atoms with van der Waals surface area (Å²) >= 11 is 5.93. The van der Waals surface area contributed by atoms with Crippen LogP contribution in [0.3, 0.4) is 0 Å². The molecule has 2 aromatic rings. The number of carbonyl (C=O) groups is 1. The molecule has 1 saturated heterocycles. The number of nitrogens with zero attached hydrogens (tertiary/aromatic N) is 2. The van der Waals surface area contributed by atoms with Crippen molar-refractivity contribution in [1.82, 2.24) is 10.1 Å². The van der Waals surface area contributed by atoms with Gasteiger partial charge in [0.2, 0.25) is 5.91 Å². The quantitative estimate of drug-likeness (QED) is 0.848. The van der Waals surface area contributed by atoms with E-state index in [1.54, 1.807) is 0 Å². The number of amides is 1. The molecule has 0 bridgehead atoms. The van der Waals surface area contributed by atoms with Crippen LogP contribution in [-0.2, 0) is 16.0 Å². The van der Waals surface area contributed by atoms with Gasteiger partial charge < -0.3 is 14.2 Å². The molecule has 5 nitrogen and oxygen atoms in total. The molecule has 1 atom stereocenters. The highest BCUT2D eigenvalue weighted by Crippen LogP contribution is 2.24. The number of halogens is 1. The molecule has 1 unspecified atom stereocenters. The molecule has 0 aliphatic carbocycles. The van der Waals surface area contributed by atoms with E-state index in [1.807, 2.05) is 43.0 Å². The molecule has 2 heterocycles. The molecule has 0 saturated carbocycles. The minimum atomic E-state index is -0.0981. The maximum absolute atomic E-state index is 12.5. The second kappa shape index (κ2) is 7.36. The first-order valence-electron chi connectivity index (χ1n) is 8.11. The summed E-state index contributed by atoms with van der Waals surface area (Å²) in [6, 6.07) is 7.59. The van der Waals surface area contributed by atoms with Gasteiger partial charge in [-0.1, -0.05) is 28.9 Å². The topological polar surface area (TPSA) is 55.6 Å². The lowest BCUT2D eigenvalue weighted by Gasteiger charge is -2.33. The van der Waals surface area contributed by atoms with Crippen LogP contribution >= 0.6 is 11.6 Å². The molecule has 24 heavy (non-hydrogen) atoms. The second-order valence-electron chi connectivity index (χ2n) is 6.05. The minimum absolute atomic E-state index is 0.0981. The third-order valence-electron chi connectivity index (χ3n) is 4.43. The van der Waals surface area contributed by atoms with E-state index in [1.165, 1.54) is 0 Å². The van der Waals surface area contributed by atoms with Crippen molar-refractivity contribution >= 4 is 17.5 Å². The summed E-state index contributed by atoms with van der Waals surface area (Å²) in [5.74, 6) is 0.929. The first-order chi connectivity index (χ1) is 11.5. The first kappa shape index (κ1) is 17.0. The van der Waals surface area contributed by atoms with Gasteiger partial charge in [0.15, 0.2) is 0 Å². The molecule has 1 aromatic heterocycles. The van der Waals surface area contributed by atoms with Gasteiger partial charge in [0, 0.05) is 23.6 Å². The van der Waals surface area contributed by atoms with E-state index in [2.05, 4.69) is 5.16 Å². The number of aryl methyl sites for hydroxylation is 2. The summed E-state index contributed by atoms with van der Waals surface area (Å²) in [5, 5.41) is 4.63. The fraction of sp³-hybridized carbons (Fsp3) is 0.444. The Morgan fingerprint density at radius 3 is 2.75 bits per heavy atom. The number of ether oxygens (including phenoxy) is 1. The molecular formula is C18H21ClN2O3. The second-order valence-corrected chi connectivity index (χ2v) is 6.49. The highest BCUT2D eigenvalue weighted by Gasteiger charge is 2.25. The van der Waals surface area contributed by atoms with Crippen molar-refractivity contribution in [3.63, 3.8) is 0 Å². The Labute approximate surface area is 146 Å². The zero-order valence-corrected chi connectivity index (χ0v) is 14.7. The maximum Gasteiger partial charge on any atom is 0.223 e. The van der Waals surface area contributed by atoms with Crippen LogP contribution in [0.25, 0.3) is 0 Å². The van der Waals surface area contributed by atoms with Crippen molar-refractivity contribution in [2.75, 3.05) is 19.7 Å². The van der Waals surface area contributed by atoms with Gasteiger partial charge in [0.25, 0.3) is 0 Å². The molecule has 6 heteroatoms. The summed E-state index contributed by atoms with van der Waals surface area (Å²) in [6.07, 6.45) is 1.01. The van der Waals surface area contributed by atoms with Crippen molar-refractivity contribution in [2.45, 2.75) is 32.8 Å². The monoisotopic (exact) mass is 348 g/mol. The number of carbonyl (C=O) groups excluding carboxylic acids is 1. The fourth-order valence-electron chi connectivity index (χ4n) is 3.00. The lowest BCUT2D eigenvalue weighted by molar-refractivity contribution is -0.139. The minimum Gasteiger partial charge on any atom is -0.370 e. The summed E-state index contributed by atoms with van der Waals surface area (Å²) in [7, 11) is 0. The largest absolute Gasteiger partial charge is 0.370 e. The summed E-state index contributed by atoms with van der Waals surface area (Å²) in [4.78, 5) is 14.4. The predicted octanol–water partition coefficient (Wildman–Crippen LogP) is 3.48. The molecule has 0 radical (unpaired) electrons. The Hall–Kier alpha value is -1.85. The van der Waals surface area contributed by atoms with Crippen LogP contribution in [0.2, 0.25) is 5.02 Å². The van der Waals surface area contributed by atoms with Crippen molar-refractivity contribution in [1.29, 1.82) is 0 Å². The molecule has 3 rings (SSSR count). The maximum atomic E-state index is 12.5. The van der Waals surface area contributed by atoms with Gasteiger partial charge in [0.05, 0.1) is 18.8 Å². The van der Waals surface area contributed by atoms with E-state index in [-0.39, 0.29) is 12.0 Å². The number of rotatable bonds is 4. The lowest BCUT2D eigenvalue weighted by Crippen LogP contribution is -2.42. The van der Waals surface area contributed by atoms with Crippen molar-refractivity contribution in [3.8, 4) is 0 Å². The Kier molecular flexibility index (Phi) is 5.21. The predicted molar refractivity (Wildman–Crippen MR) is 91.0 cm³/mol. The third kappa shape index (κ3) is 3.79. The number of benzene rings is 1. The van der Waals surface area contributed by atoms with Crippen LogP contribution in [-0.4, -0.2) is 35.7 Å². The van der Waals surface area contributed by atoms with E-state index < -0.39 is 0 Å². The molecule has 1 fully saturated rings. The van der Waals surface area contributed by atoms with Crippen molar-refractivity contribution < 1.29 is 14.1 Å². The number of hydrogen-bond donors (Lipinski definition) is 0. The van der Waals surface area contributed by atoms with Gasteiger partial charge >= 0.3 is 0 Å². The number of aromatic nitrogens is 1. The standard InChI is InChI=1S/C18H21ClN2O3/c1-12-16(13(2)24-20-12)7-8-18(22)21-9-10-23-17(11-21)14-3-5-15(19)6-4-14/h3-6,17H,7-11H2,1-2H3. The fourth-order valence-corrected chi connectivity index (χ4v) is 3.13. The van der Waals surface area contributed by atoms with E-state index >= 15 is 0 Å². The summed E-state index contributed by atoms with van der Waals surface area (Å²) < 4.78 is 11.0. The smallest absolute Gasteiger partial charge is 0.223 e. The van der Waals surface area contributed by atoms with E-state index in [4.69, 9.17) is 20.9 Å². The molecular weight excluding hydrogens is 328 g/mol. The highest BCUT2D eigenvalue weighted by molar-refractivity contribution is 6.30. The van der Waals surface area contributed by atoms with Crippen LogP contribution < -0.4 is 0 Å². The van der Waals surface area contributed by atoms with Crippen molar-refractivity contribution in [3.05, 3.63) is 51.9 Å². The van der Waals surface area contributed by atoms with Crippen molar-refractivity contribution in [2.24, 2.45) is 0 Å². The Morgan fingerprint density at radius 2 is 2.08 bits per heavy atom. The van der Waals surface area contributed by atoms with Gasteiger partial charge in [0.1, 0.15) is 11.9 Å². The number of morpholine rings is 1. The van der Waals surface area contributed by atoms with Gasteiger partial charge in [-0.05, 0) is 38.0 Å². The van der Waals surface area contributed by atoms with Crippen LogP contribution in [0.1, 0.15) is 35.1 Å². The zero-order valence-electron chi connectivity index (χ0n) is 13.9. The Bertz CT molecular complexity index is 692. The normalized spacial score (nSPS) is 18.0. The molecule has 1 amide bonds. The highest BCUT2D eigenvalue weighted by atomic mass is 35.5. The van der Waals surface area contributed by atoms with Gasteiger partial charge in [-0.15, -0.1) is 0 Å². The zero-order chi connectivity index (χ0) is 17.1. The molecule has 1 aliphatic rings. The van der Waals surface area contributed by atoms with E-state index in [0.717, 1.165) is 22.6 Å². The molecule has 0 spiro atoms. The van der Waals surface area contributed by atoms with E-state index in [0.29, 0.717) is 37.6 Å². The SMILES string of the molecule is Cc1noc(C)c1CCC(=O)N1CCOC(c2ccc(Cl)cc2)C1. The van der Waals surface area contributed by atoms with Crippen LogP contribution in [0.15, 0.2) is 28.8 Å². The Balaban J connectivity index is 1.60. The van der Waals surface area contributed by atoms with Gasteiger partial charge in [-0.2, -0.15) is 0 Å². The third-order valence-corrected chi connectivity index (χ3v) is 4.68. The van der Waals surface area contributed by atoms with Gasteiger partial charge in [-0.25, -0.2) is 0 Å². The average molecular weight is 349 g/mol. The summed E-state index contributed by atoms with van der Waals surface area (Å²) in [5.41, 5.74) is 2.94. The first-order valence-corrected chi connectivity index (χ1v) is 8.49. The lowest BCUT2D eigenvalue weighted by atomic mass is 10.1. The molecule has 1 aliphatic heterocycles. The van der Waals surface area contributed by atoms with E-state index in [9.17, 15) is 4.79 Å². The Morgan fingerprint density at radius 1 is 1.33 bits per heavy atom. The van der Waals surface area contributed by atoms with Gasteiger partial charge in [-0.3, -0.25) is 4.79 Å². The molecule has 0 N–H and O–H groups in total. The average Bonchev–Trinajstić information content (AvgIpc) is 2.92. The van der Waals surface area contributed by atoms with Crippen LogP contribution in [0.5, 0.6) is 0 Å². The van der Waals surface area contributed by atoms with Crippen LogP contribution in [0, 0.1) is 13.8 Å². The number of hydrogen-bond acceptors (Lipinski definition) is 4. The molecule has 1 aromatic carbocycles. The van der Waals surface area contributed by atoms with Crippen LogP contribution in [0.4, 0.5) is 0 Å². The summed E-state index contributed by atoms with van der Waals surface area (Å²) in [6.45, 7) is 5.53.